The Balaban J connectivity index is 2.63. The van der Waals surface area contributed by atoms with E-state index in [1.165, 1.54) is 0 Å². The number of primary amides is 1. The van der Waals surface area contributed by atoms with Gasteiger partial charge < -0.3 is 16.2 Å². The number of aromatic carboxylic acids is 1. The highest BCUT2D eigenvalue weighted by Gasteiger charge is 2.10. The second-order valence-corrected chi connectivity index (χ2v) is 3.91. The van der Waals surface area contributed by atoms with Gasteiger partial charge in [-0.05, 0) is 18.6 Å². The third-order valence-electron chi connectivity index (χ3n) is 2.40. The lowest BCUT2D eigenvalue weighted by Gasteiger charge is -2.13. The van der Waals surface area contributed by atoms with E-state index in [1.54, 1.807) is 24.3 Å². The molecule has 0 saturated heterocycles. The molecule has 0 fully saturated rings. The van der Waals surface area contributed by atoms with Crippen LogP contribution < -0.4 is 11.1 Å². The second kappa shape index (κ2) is 6.00. The molecule has 1 atom stereocenters. The maximum Gasteiger partial charge on any atom is 0.336 e. The minimum atomic E-state index is -0.954. The molecular weight excluding hydrogens is 220 g/mol. The van der Waals surface area contributed by atoms with Gasteiger partial charge >= 0.3 is 5.97 Å². The van der Waals surface area contributed by atoms with E-state index in [0.29, 0.717) is 12.1 Å². The molecule has 4 N–H and O–H groups in total. The zero-order chi connectivity index (χ0) is 12.8. The lowest BCUT2D eigenvalue weighted by Crippen LogP contribution is -2.31. The van der Waals surface area contributed by atoms with Crippen molar-refractivity contribution in [2.45, 2.75) is 25.9 Å². The monoisotopic (exact) mass is 236 g/mol. The summed E-state index contributed by atoms with van der Waals surface area (Å²) >= 11 is 0. The van der Waals surface area contributed by atoms with Gasteiger partial charge in [0.25, 0.3) is 0 Å². The molecule has 1 unspecified atom stereocenters. The second-order valence-electron chi connectivity index (χ2n) is 3.91. The first kappa shape index (κ1) is 13.2. The molecule has 0 aliphatic rings. The van der Waals surface area contributed by atoms with Gasteiger partial charge in [-0.3, -0.25) is 4.79 Å². The third kappa shape index (κ3) is 4.24. The average Bonchev–Trinajstić information content (AvgIpc) is 2.25. The number of hydrogen-bond donors (Lipinski definition) is 3. The molecule has 5 heteroatoms. The number of amides is 1. The molecule has 1 rings (SSSR count). The van der Waals surface area contributed by atoms with Crippen LogP contribution in [0.4, 0.5) is 0 Å². The van der Waals surface area contributed by atoms with Gasteiger partial charge in [0.2, 0.25) is 5.91 Å². The Bertz CT molecular complexity index is 418. The number of hydrogen-bond acceptors (Lipinski definition) is 3. The van der Waals surface area contributed by atoms with Gasteiger partial charge in [0, 0.05) is 19.0 Å². The molecule has 5 nitrogen and oxygen atoms in total. The van der Waals surface area contributed by atoms with E-state index in [9.17, 15) is 9.59 Å². The molecular formula is C12H16N2O3. The highest BCUT2D eigenvalue weighted by atomic mass is 16.4. The van der Waals surface area contributed by atoms with Crippen LogP contribution in [0.3, 0.4) is 0 Å². The molecule has 1 amide bonds. The smallest absolute Gasteiger partial charge is 0.336 e. The predicted octanol–water partition coefficient (Wildman–Crippen LogP) is 0.738. The summed E-state index contributed by atoms with van der Waals surface area (Å²) < 4.78 is 0. The van der Waals surface area contributed by atoms with Crippen molar-refractivity contribution < 1.29 is 14.7 Å². The topological polar surface area (TPSA) is 92.4 Å². The minimum Gasteiger partial charge on any atom is -0.478 e. The normalized spacial score (nSPS) is 12.1. The Morgan fingerprint density at radius 1 is 1.41 bits per heavy atom. The lowest BCUT2D eigenvalue weighted by atomic mass is 10.1. The third-order valence-corrected chi connectivity index (χ3v) is 2.40. The van der Waals surface area contributed by atoms with Crippen LogP contribution in [-0.2, 0) is 11.3 Å². The largest absolute Gasteiger partial charge is 0.478 e. The maximum atomic E-state index is 10.9. The highest BCUT2D eigenvalue weighted by Crippen LogP contribution is 2.08. The summed E-state index contributed by atoms with van der Waals surface area (Å²) in [6, 6.07) is 6.68. The molecule has 0 aromatic heterocycles. The van der Waals surface area contributed by atoms with Crippen molar-refractivity contribution >= 4 is 11.9 Å². The Morgan fingerprint density at radius 3 is 2.65 bits per heavy atom. The Morgan fingerprint density at radius 2 is 2.06 bits per heavy atom. The van der Waals surface area contributed by atoms with Crippen LogP contribution in [0.1, 0.15) is 29.3 Å². The van der Waals surface area contributed by atoms with Crippen LogP contribution in [0, 0.1) is 0 Å². The molecule has 0 heterocycles. The Hall–Kier alpha value is -1.88. The SMILES string of the molecule is CC(CC(N)=O)NCc1ccccc1C(=O)O. The van der Waals surface area contributed by atoms with E-state index in [-0.39, 0.29) is 23.9 Å². The van der Waals surface area contributed by atoms with Crippen LogP contribution in [0.15, 0.2) is 24.3 Å². The van der Waals surface area contributed by atoms with Gasteiger partial charge in [0.15, 0.2) is 0 Å². The van der Waals surface area contributed by atoms with Gasteiger partial charge in [0.05, 0.1) is 5.56 Å². The summed E-state index contributed by atoms with van der Waals surface area (Å²) in [5, 5.41) is 12.0. The number of carbonyl (C=O) groups excluding carboxylic acids is 1. The molecule has 0 spiro atoms. The Kier molecular flexibility index (Phi) is 4.66. The predicted molar refractivity (Wildman–Crippen MR) is 63.5 cm³/mol. The summed E-state index contributed by atoms with van der Waals surface area (Å²) in [4.78, 5) is 21.6. The first-order valence-corrected chi connectivity index (χ1v) is 5.33. The fraction of sp³-hybridized carbons (Fsp3) is 0.333. The molecule has 92 valence electrons. The number of carboxylic acids is 1. The van der Waals surface area contributed by atoms with Gasteiger partial charge in [-0.25, -0.2) is 4.79 Å². The molecule has 0 bridgehead atoms. The zero-order valence-corrected chi connectivity index (χ0v) is 9.64. The Labute approximate surface area is 99.6 Å². The number of nitrogens with two attached hydrogens (primary N) is 1. The van der Waals surface area contributed by atoms with Crippen molar-refractivity contribution in [3.63, 3.8) is 0 Å². The molecule has 0 saturated carbocycles. The zero-order valence-electron chi connectivity index (χ0n) is 9.64. The van der Waals surface area contributed by atoms with E-state index < -0.39 is 5.97 Å². The lowest BCUT2D eigenvalue weighted by molar-refractivity contribution is -0.118. The van der Waals surface area contributed by atoms with Gasteiger partial charge in [0.1, 0.15) is 0 Å². The standard InChI is InChI=1S/C12H16N2O3/c1-8(6-11(13)15)14-7-9-4-2-3-5-10(9)12(16)17/h2-5,8,14H,6-7H2,1H3,(H2,13,15)(H,16,17). The maximum absolute atomic E-state index is 10.9. The first-order valence-electron chi connectivity index (χ1n) is 5.33. The van der Waals surface area contributed by atoms with Crippen molar-refractivity contribution in [1.29, 1.82) is 0 Å². The molecule has 1 aromatic carbocycles. The summed E-state index contributed by atoms with van der Waals surface area (Å²) in [6.07, 6.45) is 0.231. The quantitative estimate of drug-likeness (QED) is 0.679. The highest BCUT2D eigenvalue weighted by molar-refractivity contribution is 5.89. The number of carboxylic acid groups (broad SMARTS) is 1. The summed E-state index contributed by atoms with van der Waals surface area (Å²) in [5.41, 5.74) is 6.03. The summed E-state index contributed by atoms with van der Waals surface area (Å²) in [5.74, 6) is -1.33. The number of benzene rings is 1. The number of rotatable bonds is 6. The average molecular weight is 236 g/mol. The molecule has 0 aliphatic heterocycles. The van der Waals surface area contributed by atoms with E-state index >= 15 is 0 Å². The summed E-state index contributed by atoms with van der Waals surface area (Å²) in [6.45, 7) is 2.23. The van der Waals surface area contributed by atoms with E-state index in [1.807, 2.05) is 6.92 Å². The molecule has 17 heavy (non-hydrogen) atoms. The van der Waals surface area contributed by atoms with Crippen LogP contribution in [0.25, 0.3) is 0 Å². The van der Waals surface area contributed by atoms with Crippen LogP contribution in [-0.4, -0.2) is 23.0 Å². The van der Waals surface area contributed by atoms with E-state index in [0.717, 1.165) is 0 Å². The molecule has 1 aromatic rings. The molecule has 0 aliphatic carbocycles. The van der Waals surface area contributed by atoms with E-state index in [2.05, 4.69) is 5.32 Å². The van der Waals surface area contributed by atoms with Crippen LogP contribution in [0.2, 0.25) is 0 Å². The van der Waals surface area contributed by atoms with Crippen molar-refractivity contribution in [3.8, 4) is 0 Å². The van der Waals surface area contributed by atoms with Crippen molar-refractivity contribution in [2.24, 2.45) is 5.73 Å². The van der Waals surface area contributed by atoms with Crippen molar-refractivity contribution in [2.75, 3.05) is 0 Å². The number of nitrogens with one attached hydrogen (secondary N) is 1. The van der Waals surface area contributed by atoms with E-state index in [4.69, 9.17) is 10.8 Å². The van der Waals surface area contributed by atoms with Crippen LogP contribution in [0.5, 0.6) is 0 Å². The fourth-order valence-electron chi connectivity index (χ4n) is 1.54. The van der Waals surface area contributed by atoms with Crippen molar-refractivity contribution in [1.82, 2.24) is 5.32 Å². The fourth-order valence-corrected chi connectivity index (χ4v) is 1.54. The first-order chi connectivity index (χ1) is 8.00. The van der Waals surface area contributed by atoms with Crippen molar-refractivity contribution in [3.05, 3.63) is 35.4 Å². The van der Waals surface area contributed by atoms with Gasteiger partial charge in [-0.2, -0.15) is 0 Å². The summed E-state index contributed by atoms with van der Waals surface area (Å²) in [7, 11) is 0. The minimum absolute atomic E-state index is 0.0747. The molecule has 0 radical (unpaired) electrons. The van der Waals surface area contributed by atoms with Crippen LogP contribution >= 0.6 is 0 Å². The van der Waals surface area contributed by atoms with Gasteiger partial charge in [-0.15, -0.1) is 0 Å². The number of carbonyl (C=O) groups is 2. The van der Waals surface area contributed by atoms with Gasteiger partial charge in [-0.1, -0.05) is 18.2 Å².